The molecule has 0 aliphatic carbocycles. The minimum absolute atomic E-state index is 0.658. The first-order valence-corrected chi connectivity index (χ1v) is 6.17. The van der Waals surface area contributed by atoms with Crippen LogP contribution < -0.4 is 5.32 Å². The van der Waals surface area contributed by atoms with Crippen LogP contribution in [0.5, 0.6) is 0 Å². The molecule has 14 heavy (non-hydrogen) atoms. The molecular weight excluding hydrogens is 214 g/mol. The molecule has 1 saturated heterocycles. The quantitative estimate of drug-likeness (QED) is 0.774. The fourth-order valence-electron chi connectivity index (χ4n) is 1.61. The van der Waals surface area contributed by atoms with E-state index in [-0.39, 0.29) is 0 Å². The third kappa shape index (κ3) is 2.38. The second kappa shape index (κ2) is 4.47. The second-order valence-electron chi connectivity index (χ2n) is 3.76. The largest absolute Gasteiger partial charge is 0.311 e. The third-order valence-corrected chi connectivity index (χ3v) is 3.86. The molecule has 1 aliphatic heterocycles. The lowest BCUT2D eigenvalue weighted by atomic mass is 10.0. The second-order valence-corrected chi connectivity index (χ2v) is 5.11. The molecule has 0 spiro atoms. The zero-order valence-corrected chi connectivity index (χ0v) is 9.79. The van der Waals surface area contributed by atoms with Crippen molar-refractivity contribution in [1.29, 1.82) is 0 Å². The van der Waals surface area contributed by atoms with Gasteiger partial charge in [0.05, 0.1) is 5.02 Å². The van der Waals surface area contributed by atoms with Crippen molar-refractivity contribution < 1.29 is 0 Å². The van der Waals surface area contributed by atoms with Gasteiger partial charge in [0.1, 0.15) is 0 Å². The van der Waals surface area contributed by atoms with Crippen molar-refractivity contribution in [2.45, 2.75) is 25.8 Å². The van der Waals surface area contributed by atoms with E-state index >= 15 is 0 Å². The molecule has 1 aliphatic rings. The minimum Gasteiger partial charge on any atom is -0.311 e. The first-order valence-electron chi connectivity index (χ1n) is 4.91. The van der Waals surface area contributed by atoms with Gasteiger partial charge < -0.3 is 5.32 Å². The molecule has 1 nitrogen and oxygen atoms in total. The molecule has 1 aromatic heterocycles. The fourth-order valence-corrected chi connectivity index (χ4v) is 2.71. The lowest BCUT2D eigenvalue weighted by Gasteiger charge is -2.21. The summed E-state index contributed by atoms with van der Waals surface area (Å²) < 4.78 is 0. The highest BCUT2D eigenvalue weighted by Crippen LogP contribution is 2.26. The molecule has 3 heteroatoms. The van der Waals surface area contributed by atoms with Gasteiger partial charge >= 0.3 is 0 Å². The van der Waals surface area contributed by atoms with Crippen molar-refractivity contribution in [2.75, 3.05) is 6.54 Å². The maximum atomic E-state index is 6.03. The molecule has 0 bridgehead atoms. The number of hydrogen-bond donors (Lipinski definition) is 1. The summed E-state index contributed by atoms with van der Waals surface area (Å²) >= 11 is 7.74. The van der Waals surface area contributed by atoms with E-state index in [2.05, 4.69) is 18.3 Å². The molecule has 1 aromatic rings. The van der Waals surface area contributed by atoms with E-state index in [1.54, 1.807) is 11.3 Å². The van der Waals surface area contributed by atoms with Gasteiger partial charge in [-0.1, -0.05) is 17.2 Å². The topological polar surface area (TPSA) is 12.0 Å². The molecule has 1 unspecified atom stereocenters. The molecule has 0 amide bonds. The number of nitrogens with one attached hydrogen (secondary N) is 1. The Morgan fingerprint density at radius 3 is 3.07 bits per heavy atom. The molecule has 0 radical (unpaired) electrons. The number of rotatable bonds is 1. The molecule has 1 N–H and O–H groups in total. The zero-order chi connectivity index (χ0) is 9.97. The molecule has 1 atom stereocenters. The van der Waals surface area contributed by atoms with Crippen LogP contribution >= 0.6 is 22.9 Å². The summed E-state index contributed by atoms with van der Waals surface area (Å²) in [5.74, 6) is 0. The first kappa shape index (κ1) is 10.2. The number of thiophene rings is 1. The van der Waals surface area contributed by atoms with Crippen molar-refractivity contribution in [3.63, 3.8) is 0 Å². The normalized spacial score (nSPS) is 25.6. The van der Waals surface area contributed by atoms with Gasteiger partial charge in [0.2, 0.25) is 0 Å². The SMILES string of the molecule is CC1CC/C(=C/c2sccc2Cl)CN1. The monoisotopic (exact) mass is 227 g/mol. The summed E-state index contributed by atoms with van der Waals surface area (Å²) in [6.07, 6.45) is 4.66. The fraction of sp³-hybridized carbons (Fsp3) is 0.455. The van der Waals surface area contributed by atoms with Crippen molar-refractivity contribution >= 4 is 29.0 Å². The van der Waals surface area contributed by atoms with Gasteiger partial charge in [-0.05, 0) is 37.3 Å². The van der Waals surface area contributed by atoms with Crippen LogP contribution in [0.3, 0.4) is 0 Å². The lowest BCUT2D eigenvalue weighted by molar-refractivity contribution is 0.488. The Labute approximate surface area is 93.8 Å². The van der Waals surface area contributed by atoms with Crippen molar-refractivity contribution in [3.05, 3.63) is 26.9 Å². The summed E-state index contributed by atoms with van der Waals surface area (Å²) in [7, 11) is 0. The smallest absolute Gasteiger partial charge is 0.0586 e. The summed E-state index contributed by atoms with van der Waals surface area (Å²) in [5.41, 5.74) is 1.47. The average molecular weight is 228 g/mol. The predicted molar refractivity (Wildman–Crippen MR) is 64.0 cm³/mol. The van der Waals surface area contributed by atoms with Crippen LogP contribution in [-0.4, -0.2) is 12.6 Å². The number of hydrogen-bond acceptors (Lipinski definition) is 2. The summed E-state index contributed by atoms with van der Waals surface area (Å²) in [6, 6.07) is 2.61. The highest BCUT2D eigenvalue weighted by atomic mass is 35.5. The predicted octanol–water partition coefficient (Wildman–Crippen LogP) is 3.56. The Hall–Kier alpha value is -0.310. The Morgan fingerprint density at radius 1 is 1.64 bits per heavy atom. The summed E-state index contributed by atoms with van der Waals surface area (Å²) in [6.45, 7) is 3.24. The van der Waals surface area contributed by atoms with E-state index < -0.39 is 0 Å². The van der Waals surface area contributed by atoms with Crippen LogP contribution in [0.4, 0.5) is 0 Å². The molecular formula is C11H14ClNS. The van der Waals surface area contributed by atoms with Gasteiger partial charge in [-0.2, -0.15) is 0 Å². The Balaban J connectivity index is 2.08. The van der Waals surface area contributed by atoms with Crippen LogP contribution in [0.1, 0.15) is 24.6 Å². The van der Waals surface area contributed by atoms with Crippen molar-refractivity contribution in [3.8, 4) is 0 Å². The zero-order valence-electron chi connectivity index (χ0n) is 8.22. The highest BCUT2D eigenvalue weighted by Gasteiger charge is 2.11. The number of halogens is 1. The highest BCUT2D eigenvalue weighted by molar-refractivity contribution is 7.11. The lowest BCUT2D eigenvalue weighted by Crippen LogP contribution is -2.32. The van der Waals surface area contributed by atoms with Gasteiger partial charge in [0.25, 0.3) is 0 Å². The molecule has 0 aromatic carbocycles. The average Bonchev–Trinajstić information content (AvgIpc) is 2.56. The van der Waals surface area contributed by atoms with E-state index in [1.807, 2.05) is 11.4 Å². The Morgan fingerprint density at radius 2 is 2.50 bits per heavy atom. The van der Waals surface area contributed by atoms with Crippen LogP contribution in [0.2, 0.25) is 5.02 Å². The Kier molecular flexibility index (Phi) is 3.26. The van der Waals surface area contributed by atoms with Crippen molar-refractivity contribution in [1.82, 2.24) is 5.32 Å². The van der Waals surface area contributed by atoms with E-state index in [9.17, 15) is 0 Å². The third-order valence-electron chi connectivity index (χ3n) is 2.56. The van der Waals surface area contributed by atoms with Gasteiger partial charge in [-0.3, -0.25) is 0 Å². The van der Waals surface area contributed by atoms with Gasteiger partial charge in [0.15, 0.2) is 0 Å². The maximum Gasteiger partial charge on any atom is 0.0586 e. The first-order chi connectivity index (χ1) is 6.75. The summed E-state index contributed by atoms with van der Waals surface area (Å²) in [5, 5.41) is 6.37. The minimum atomic E-state index is 0.658. The van der Waals surface area contributed by atoms with Crippen molar-refractivity contribution in [2.24, 2.45) is 0 Å². The standard InChI is InChI=1S/C11H14ClNS/c1-8-2-3-9(7-13-8)6-11-10(12)4-5-14-11/h4-6,8,13H,2-3,7H2,1H3/b9-6-. The van der Waals surface area contributed by atoms with E-state index in [1.165, 1.54) is 23.3 Å². The molecule has 1 fully saturated rings. The Bertz CT molecular complexity index is 333. The van der Waals surface area contributed by atoms with E-state index in [4.69, 9.17) is 11.6 Å². The molecule has 2 rings (SSSR count). The van der Waals surface area contributed by atoms with Crippen LogP contribution in [0.15, 0.2) is 17.0 Å². The molecule has 2 heterocycles. The summed E-state index contributed by atoms with van der Waals surface area (Å²) in [4.78, 5) is 1.19. The van der Waals surface area contributed by atoms with Crippen LogP contribution in [0, 0.1) is 0 Å². The number of piperidine rings is 1. The maximum absolute atomic E-state index is 6.03. The van der Waals surface area contributed by atoms with Crippen LogP contribution in [0.25, 0.3) is 6.08 Å². The van der Waals surface area contributed by atoms with Gasteiger partial charge in [-0.25, -0.2) is 0 Å². The van der Waals surface area contributed by atoms with Gasteiger partial charge in [-0.15, -0.1) is 11.3 Å². The van der Waals surface area contributed by atoms with E-state index in [0.717, 1.165) is 11.6 Å². The van der Waals surface area contributed by atoms with E-state index in [0.29, 0.717) is 6.04 Å². The molecule has 76 valence electrons. The molecule has 0 saturated carbocycles. The van der Waals surface area contributed by atoms with Crippen LogP contribution in [-0.2, 0) is 0 Å². The van der Waals surface area contributed by atoms with Gasteiger partial charge in [0, 0.05) is 17.5 Å².